The Balaban J connectivity index is 1.51. The normalized spacial score (nSPS) is 19.0. The van der Waals surface area contributed by atoms with E-state index in [-0.39, 0.29) is 5.91 Å². The van der Waals surface area contributed by atoms with E-state index < -0.39 is 0 Å². The molecule has 0 saturated carbocycles. The van der Waals surface area contributed by atoms with Crippen molar-refractivity contribution in [3.8, 4) is 0 Å². The number of anilines is 1. The number of amides is 1. The SMILES string of the molecule is CCN1C(=C2SC(=Nc3ccccc3)N(CCc3ccccc3)C2=O)Sc2ccc(Cl)cc21. The van der Waals surface area contributed by atoms with Crippen molar-refractivity contribution >= 4 is 57.6 Å². The van der Waals surface area contributed by atoms with Crippen molar-refractivity contribution < 1.29 is 4.79 Å². The third kappa shape index (κ3) is 4.56. The van der Waals surface area contributed by atoms with Gasteiger partial charge >= 0.3 is 0 Å². The molecule has 0 unspecified atom stereocenters. The van der Waals surface area contributed by atoms with Crippen molar-refractivity contribution in [3.63, 3.8) is 0 Å². The molecule has 7 heteroatoms. The number of para-hydroxylation sites is 1. The van der Waals surface area contributed by atoms with Crippen LogP contribution in [0.4, 0.5) is 11.4 Å². The van der Waals surface area contributed by atoms with Crippen LogP contribution in [0.25, 0.3) is 0 Å². The molecule has 3 aromatic carbocycles. The van der Waals surface area contributed by atoms with Crippen molar-refractivity contribution in [2.24, 2.45) is 4.99 Å². The molecule has 0 aliphatic carbocycles. The third-order valence-corrected chi connectivity index (χ3v) is 8.10. The van der Waals surface area contributed by atoms with Crippen LogP contribution in [0, 0.1) is 0 Å². The van der Waals surface area contributed by atoms with Crippen LogP contribution < -0.4 is 4.90 Å². The van der Waals surface area contributed by atoms with Crippen LogP contribution in [0.2, 0.25) is 5.02 Å². The van der Waals surface area contributed by atoms with Crippen molar-refractivity contribution in [1.82, 2.24) is 4.90 Å². The minimum atomic E-state index is 0.00506. The average molecular weight is 492 g/mol. The van der Waals surface area contributed by atoms with Crippen LogP contribution in [0.5, 0.6) is 0 Å². The second-order valence-corrected chi connectivity index (χ2v) is 10.1. The molecule has 1 fully saturated rings. The van der Waals surface area contributed by atoms with Gasteiger partial charge in [0.25, 0.3) is 5.91 Å². The van der Waals surface area contributed by atoms with Gasteiger partial charge in [0.1, 0.15) is 9.93 Å². The van der Waals surface area contributed by atoms with Gasteiger partial charge in [0.2, 0.25) is 0 Å². The maximum atomic E-state index is 13.7. The predicted molar refractivity (Wildman–Crippen MR) is 140 cm³/mol. The Morgan fingerprint density at radius 1 is 0.909 bits per heavy atom. The first-order chi connectivity index (χ1) is 16.1. The van der Waals surface area contributed by atoms with E-state index in [1.54, 1.807) is 11.8 Å². The molecule has 0 N–H and O–H groups in total. The molecular weight excluding hydrogens is 470 g/mol. The lowest BCUT2D eigenvalue weighted by molar-refractivity contribution is -0.122. The second kappa shape index (κ2) is 9.67. The Bertz CT molecular complexity index is 1240. The standard InChI is InChI=1S/C26H22ClN3OS2/c1-2-29-21-17-19(27)13-14-22(21)32-25(29)23-24(31)30(16-15-18-9-5-3-6-10-18)26(33-23)28-20-11-7-4-8-12-20/h3-14,17H,2,15-16H2,1H3. The fraction of sp³-hybridized carbons (Fsp3) is 0.154. The second-order valence-electron chi connectivity index (χ2n) is 7.62. The van der Waals surface area contributed by atoms with E-state index in [0.717, 1.165) is 44.3 Å². The van der Waals surface area contributed by atoms with Gasteiger partial charge in [0.05, 0.1) is 11.4 Å². The van der Waals surface area contributed by atoms with Gasteiger partial charge in [0, 0.05) is 23.0 Å². The molecule has 1 saturated heterocycles. The molecule has 2 aliphatic heterocycles. The van der Waals surface area contributed by atoms with Gasteiger partial charge in [0.15, 0.2) is 5.17 Å². The van der Waals surface area contributed by atoms with Crippen LogP contribution in [-0.2, 0) is 11.2 Å². The summed E-state index contributed by atoms with van der Waals surface area (Å²) in [7, 11) is 0. The van der Waals surface area contributed by atoms with Gasteiger partial charge < -0.3 is 4.90 Å². The van der Waals surface area contributed by atoms with Gasteiger partial charge in [-0.2, -0.15) is 0 Å². The summed E-state index contributed by atoms with van der Waals surface area (Å²) < 4.78 is 0. The fourth-order valence-corrected chi connectivity index (χ4v) is 6.42. The number of nitrogens with zero attached hydrogens (tertiary/aromatic N) is 3. The first-order valence-corrected chi connectivity index (χ1v) is 12.8. The van der Waals surface area contributed by atoms with Crippen molar-refractivity contribution in [2.75, 3.05) is 18.0 Å². The first kappa shape index (κ1) is 22.1. The molecule has 5 rings (SSSR count). The Morgan fingerprint density at radius 3 is 2.36 bits per heavy atom. The lowest BCUT2D eigenvalue weighted by atomic mass is 10.1. The average Bonchev–Trinajstić information content (AvgIpc) is 3.35. The largest absolute Gasteiger partial charge is 0.334 e. The molecule has 4 nitrogen and oxygen atoms in total. The van der Waals surface area contributed by atoms with Crippen molar-refractivity contribution in [3.05, 3.63) is 99.4 Å². The van der Waals surface area contributed by atoms with E-state index >= 15 is 0 Å². The number of halogens is 1. The number of hydrogen-bond donors (Lipinski definition) is 0. The van der Waals surface area contributed by atoms with Crippen LogP contribution in [0.15, 0.2) is 98.7 Å². The highest BCUT2D eigenvalue weighted by atomic mass is 35.5. The van der Waals surface area contributed by atoms with Gasteiger partial charge in [-0.3, -0.25) is 9.69 Å². The molecule has 2 heterocycles. The summed E-state index contributed by atoms with van der Waals surface area (Å²) in [6, 6.07) is 25.9. The van der Waals surface area contributed by atoms with Gasteiger partial charge in [-0.25, -0.2) is 4.99 Å². The molecule has 166 valence electrons. The zero-order chi connectivity index (χ0) is 22.8. The molecule has 33 heavy (non-hydrogen) atoms. The predicted octanol–water partition coefficient (Wildman–Crippen LogP) is 6.95. The van der Waals surface area contributed by atoms with Crippen LogP contribution >= 0.6 is 35.1 Å². The molecule has 0 bridgehead atoms. The van der Waals surface area contributed by atoms with Crippen molar-refractivity contribution in [2.45, 2.75) is 18.2 Å². The van der Waals surface area contributed by atoms with E-state index in [9.17, 15) is 4.79 Å². The number of fused-ring (bicyclic) bond motifs is 1. The molecule has 2 aliphatic rings. The summed E-state index contributed by atoms with van der Waals surface area (Å²) in [4.78, 5) is 24.4. The Hall–Kier alpha value is -2.67. The minimum absolute atomic E-state index is 0.00506. The molecule has 0 atom stereocenters. The molecule has 0 spiro atoms. The number of aliphatic imine (C=N–C) groups is 1. The van der Waals surface area contributed by atoms with Crippen molar-refractivity contribution in [1.29, 1.82) is 0 Å². The van der Waals surface area contributed by atoms with Gasteiger partial charge in [-0.1, -0.05) is 71.9 Å². The molecule has 3 aromatic rings. The fourth-order valence-electron chi connectivity index (χ4n) is 3.85. The minimum Gasteiger partial charge on any atom is -0.334 e. The summed E-state index contributed by atoms with van der Waals surface area (Å²) in [6.07, 6.45) is 0.768. The van der Waals surface area contributed by atoms with E-state index in [2.05, 4.69) is 24.0 Å². The number of rotatable bonds is 5. The monoisotopic (exact) mass is 491 g/mol. The lowest BCUT2D eigenvalue weighted by Gasteiger charge is -2.19. The number of amidine groups is 1. The number of hydrogen-bond acceptors (Lipinski definition) is 5. The van der Waals surface area contributed by atoms with Crippen LogP contribution in [0.3, 0.4) is 0 Å². The van der Waals surface area contributed by atoms with E-state index in [0.29, 0.717) is 11.6 Å². The third-order valence-electron chi connectivity index (χ3n) is 5.49. The number of carbonyl (C=O) groups excluding carboxylic acids is 1. The maximum Gasteiger partial charge on any atom is 0.269 e. The smallest absolute Gasteiger partial charge is 0.269 e. The first-order valence-electron chi connectivity index (χ1n) is 10.8. The van der Waals surface area contributed by atoms with Gasteiger partial charge in [-0.15, -0.1) is 0 Å². The molecule has 1 amide bonds. The number of benzene rings is 3. The lowest BCUT2D eigenvalue weighted by Crippen LogP contribution is -2.32. The van der Waals surface area contributed by atoms with Crippen LogP contribution in [0.1, 0.15) is 12.5 Å². The maximum absolute atomic E-state index is 13.7. The Morgan fingerprint density at radius 2 is 1.64 bits per heavy atom. The topological polar surface area (TPSA) is 35.9 Å². The quantitative estimate of drug-likeness (QED) is 0.362. The van der Waals surface area contributed by atoms with Crippen LogP contribution in [-0.4, -0.2) is 29.1 Å². The van der Waals surface area contributed by atoms with E-state index in [1.807, 2.05) is 71.6 Å². The zero-order valence-corrected chi connectivity index (χ0v) is 20.5. The number of thioether (sulfide) groups is 2. The molecule has 0 radical (unpaired) electrons. The summed E-state index contributed by atoms with van der Waals surface area (Å²) in [5.74, 6) is 0.00506. The molecular formula is C26H22ClN3OS2. The highest BCUT2D eigenvalue weighted by Gasteiger charge is 2.39. The Labute approximate surface area is 207 Å². The van der Waals surface area contributed by atoms with E-state index in [4.69, 9.17) is 16.6 Å². The summed E-state index contributed by atoms with van der Waals surface area (Å²) in [6.45, 7) is 3.42. The summed E-state index contributed by atoms with van der Waals surface area (Å²) in [5.41, 5.74) is 3.09. The zero-order valence-electron chi connectivity index (χ0n) is 18.1. The highest BCUT2D eigenvalue weighted by Crippen LogP contribution is 2.51. The van der Waals surface area contributed by atoms with Gasteiger partial charge in [-0.05, 0) is 61.0 Å². The highest BCUT2D eigenvalue weighted by molar-refractivity contribution is 8.19. The number of carbonyl (C=O) groups is 1. The van der Waals surface area contributed by atoms with E-state index in [1.165, 1.54) is 17.3 Å². The summed E-state index contributed by atoms with van der Waals surface area (Å²) >= 11 is 9.35. The molecule has 0 aromatic heterocycles. The Kier molecular flexibility index (Phi) is 6.49. The summed E-state index contributed by atoms with van der Waals surface area (Å²) in [5, 5.41) is 2.36.